The van der Waals surface area contributed by atoms with Crippen molar-refractivity contribution in [3.8, 4) is 5.75 Å². The van der Waals surface area contributed by atoms with Gasteiger partial charge in [-0.1, -0.05) is 71.4 Å². The Labute approximate surface area is 232 Å². The van der Waals surface area contributed by atoms with Crippen LogP contribution in [0.15, 0.2) is 36.4 Å². The normalized spacial score (nSPS) is 22.4. The van der Waals surface area contributed by atoms with E-state index < -0.39 is 16.6 Å². The van der Waals surface area contributed by atoms with E-state index in [-0.39, 0.29) is 34.3 Å². The Morgan fingerprint density at radius 2 is 1.73 bits per heavy atom. The molecule has 1 aromatic rings. The summed E-state index contributed by atoms with van der Waals surface area (Å²) < 4.78 is 25.8. The summed E-state index contributed by atoms with van der Waals surface area (Å²) in [6.07, 6.45) is 6.02. The predicted octanol–water partition coefficient (Wildman–Crippen LogP) is 8.05. The molecule has 0 unspecified atom stereocenters. The van der Waals surface area contributed by atoms with Gasteiger partial charge in [0.15, 0.2) is 16.6 Å². The zero-order valence-electron chi connectivity index (χ0n) is 24.6. The maximum atomic E-state index is 11.2. The topological polar surface area (TPSA) is 54.0 Å². The second kappa shape index (κ2) is 12.9. The van der Waals surface area contributed by atoms with Crippen LogP contribution in [-0.4, -0.2) is 54.4 Å². The van der Waals surface area contributed by atoms with Crippen molar-refractivity contribution in [1.82, 2.24) is 0 Å². The number of ether oxygens (including phenoxy) is 2. The first-order valence-electron chi connectivity index (χ1n) is 13.4. The van der Waals surface area contributed by atoms with Gasteiger partial charge in [0.1, 0.15) is 18.6 Å². The van der Waals surface area contributed by atoms with Crippen molar-refractivity contribution in [2.75, 3.05) is 13.2 Å². The predicted molar refractivity (Wildman–Crippen MR) is 159 cm³/mol. The van der Waals surface area contributed by atoms with Gasteiger partial charge in [-0.3, -0.25) is 0 Å². The van der Waals surface area contributed by atoms with Gasteiger partial charge in [-0.05, 0) is 60.9 Å². The molecule has 2 rings (SSSR count). The lowest BCUT2D eigenvalue weighted by molar-refractivity contribution is -0.108. The van der Waals surface area contributed by atoms with E-state index in [1.54, 1.807) is 0 Å². The van der Waals surface area contributed by atoms with E-state index in [4.69, 9.17) is 29.9 Å². The van der Waals surface area contributed by atoms with Crippen LogP contribution >= 0.6 is 11.6 Å². The third-order valence-electron chi connectivity index (χ3n) is 8.20. The van der Waals surface area contributed by atoms with E-state index in [0.717, 1.165) is 12.7 Å². The number of hydrogen-bond acceptors (Lipinski definition) is 5. The Bertz CT molecular complexity index is 904. The fourth-order valence-corrected chi connectivity index (χ4v) is 6.59. The van der Waals surface area contributed by atoms with Crippen molar-refractivity contribution in [1.29, 1.82) is 0 Å². The van der Waals surface area contributed by atoms with E-state index in [9.17, 15) is 4.79 Å². The number of carbonyl (C=O) groups excluding carboxylic acids is 1. The molecule has 1 fully saturated rings. The smallest absolute Gasteiger partial charge is 0.193 e. The lowest BCUT2D eigenvalue weighted by atomic mass is 9.93. The monoisotopic (exact) mass is 568 g/mol. The van der Waals surface area contributed by atoms with Crippen molar-refractivity contribution in [3.05, 3.63) is 41.4 Å². The van der Waals surface area contributed by atoms with Crippen molar-refractivity contribution in [2.45, 2.75) is 109 Å². The molecule has 0 radical (unpaired) electrons. The summed E-state index contributed by atoms with van der Waals surface area (Å²) in [5.41, 5.74) is 0. The SMILES string of the molecule is CC(C)(C)[Si](C)(C)O[C@H](/C=C/[C@H]1OC[C@H](O[Si](C)(C)C(C)(C)C)[C@@H]1CCC=O)COc1cccc(Cl)c1. The summed E-state index contributed by atoms with van der Waals surface area (Å²) in [7, 11) is -4.04. The number of halogens is 1. The Hall–Kier alpha value is -0.966. The van der Waals surface area contributed by atoms with Crippen LogP contribution in [-0.2, 0) is 18.4 Å². The van der Waals surface area contributed by atoms with Crippen LogP contribution in [0.5, 0.6) is 5.75 Å². The summed E-state index contributed by atoms with van der Waals surface area (Å²) in [5.74, 6) is 0.839. The van der Waals surface area contributed by atoms with Gasteiger partial charge in [-0.2, -0.15) is 0 Å². The minimum absolute atomic E-state index is 0.0158. The van der Waals surface area contributed by atoms with Crippen LogP contribution in [0.25, 0.3) is 0 Å². The maximum absolute atomic E-state index is 11.2. The Balaban J connectivity index is 2.23. The highest BCUT2D eigenvalue weighted by Gasteiger charge is 2.45. The van der Waals surface area contributed by atoms with Crippen LogP contribution < -0.4 is 4.74 Å². The van der Waals surface area contributed by atoms with Gasteiger partial charge in [0.25, 0.3) is 0 Å². The zero-order chi connectivity index (χ0) is 28.1. The first-order chi connectivity index (χ1) is 17.0. The highest BCUT2D eigenvalue weighted by Crippen LogP contribution is 2.41. The van der Waals surface area contributed by atoms with Crippen molar-refractivity contribution >= 4 is 34.5 Å². The molecule has 4 atom stereocenters. The van der Waals surface area contributed by atoms with Crippen molar-refractivity contribution in [2.24, 2.45) is 5.92 Å². The molecular formula is C29H49ClO5Si2. The Kier molecular flexibility index (Phi) is 11.3. The van der Waals surface area contributed by atoms with Gasteiger partial charge in [-0.25, -0.2) is 0 Å². The molecule has 0 spiro atoms. The minimum atomic E-state index is -2.06. The zero-order valence-corrected chi connectivity index (χ0v) is 27.4. The fourth-order valence-electron chi connectivity index (χ4n) is 3.80. The highest BCUT2D eigenvalue weighted by atomic mass is 35.5. The van der Waals surface area contributed by atoms with E-state index in [1.807, 2.05) is 24.3 Å². The first-order valence-corrected chi connectivity index (χ1v) is 19.6. The van der Waals surface area contributed by atoms with E-state index in [2.05, 4.69) is 79.9 Å². The van der Waals surface area contributed by atoms with Gasteiger partial charge in [0.05, 0.1) is 24.9 Å². The van der Waals surface area contributed by atoms with Gasteiger partial charge < -0.3 is 23.1 Å². The Morgan fingerprint density at radius 1 is 1.08 bits per heavy atom. The van der Waals surface area contributed by atoms with Crippen LogP contribution in [0.4, 0.5) is 0 Å². The average molecular weight is 569 g/mol. The van der Waals surface area contributed by atoms with Crippen LogP contribution in [0.1, 0.15) is 54.4 Å². The average Bonchev–Trinajstić information content (AvgIpc) is 3.13. The summed E-state index contributed by atoms with van der Waals surface area (Å²) in [6.45, 7) is 23.4. The number of carbonyl (C=O) groups is 1. The lowest BCUT2D eigenvalue weighted by Crippen LogP contribution is -2.46. The third-order valence-corrected chi connectivity index (χ3v) is 17.4. The van der Waals surface area contributed by atoms with Gasteiger partial charge in [-0.15, -0.1) is 0 Å². The number of rotatable bonds is 12. The fraction of sp³-hybridized carbons (Fsp3) is 0.690. The van der Waals surface area contributed by atoms with Crippen LogP contribution in [0, 0.1) is 5.92 Å². The molecular weight excluding hydrogens is 520 g/mol. The summed E-state index contributed by atoms with van der Waals surface area (Å²) in [4.78, 5) is 11.2. The molecule has 0 aliphatic carbocycles. The molecule has 1 heterocycles. The molecule has 8 heteroatoms. The standard InChI is InChI=1S/C29H49ClO5Si2/c1-28(2,3)36(7,8)34-24(20-32-23-14-11-13-22(30)19-23)16-17-26-25(15-12-18-31)27(21-33-26)35-37(9,10)29(4,5)6/h11,13-14,16-19,24-27H,12,15,20-21H2,1-10H3/b17-16+/t24-,25-,26-,27+/m1/s1. The largest absolute Gasteiger partial charge is 0.491 e. The van der Waals surface area contributed by atoms with Gasteiger partial charge in [0.2, 0.25) is 0 Å². The highest BCUT2D eigenvalue weighted by molar-refractivity contribution is 6.74. The molecule has 0 N–H and O–H groups in total. The Morgan fingerprint density at radius 3 is 2.30 bits per heavy atom. The van der Waals surface area contributed by atoms with E-state index in [1.165, 1.54) is 0 Å². The maximum Gasteiger partial charge on any atom is 0.193 e. The second-order valence-corrected chi connectivity index (χ2v) is 23.1. The summed E-state index contributed by atoms with van der Waals surface area (Å²) in [6, 6.07) is 7.42. The molecule has 5 nitrogen and oxygen atoms in total. The number of hydrogen-bond donors (Lipinski definition) is 0. The molecule has 1 aliphatic rings. The van der Waals surface area contributed by atoms with Crippen LogP contribution in [0.3, 0.4) is 0 Å². The van der Waals surface area contributed by atoms with E-state index in [0.29, 0.717) is 30.4 Å². The molecule has 0 amide bonds. The van der Waals surface area contributed by atoms with Gasteiger partial charge >= 0.3 is 0 Å². The minimum Gasteiger partial charge on any atom is -0.491 e. The second-order valence-electron chi connectivity index (χ2n) is 13.2. The number of benzene rings is 1. The molecule has 37 heavy (non-hydrogen) atoms. The summed E-state index contributed by atoms with van der Waals surface area (Å²) >= 11 is 6.15. The summed E-state index contributed by atoms with van der Waals surface area (Å²) in [5, 5.41) is 0.809. The molecule has 1 saturated heterocycles. The molecule has 0 saturated carbocycles. The van der Waals surface area contributed by atoms with E-state index >= 15 is 0 Å². The molecule has 0 bridgehead atoms. The number of aldehydes is 1. The quantitative estimate of drug-likeness (QED) is 0.145. The lowest BCUT2D eigenvalue weighted by Gasteiger charge is -2.39. The molecule has 1 aromatic carbocycles. The van der Waals surface area contributed by atoms with Crippen molar-refractivity contribution in [3.63, 3.8) is 0 Å². The van der Waals surface area contributed by atoms with Gasteiger partial charge in [0, 0.05) is 17.4 Å². The molecule has 0 aromatic heterocycles. The molecule has 210 valence electrons. The first kappa shape index (κ1) is 32.2. The van der Waals surface area contributed by atoms with Crippen LogP contribution in [0.2, 0.25) is 41.3 Å². The third kappa shape index (κ3) is 9.32. The van der Waals surface area contributed by atoms with Crippen molar-refractivity contribution < 1.29 is 23.1 Å². The molecule has 1 aliphatic heterocycles.